The van der Waals surface area contributed by atoms with Crippen LogP contribution in [0, 0.1) is 5.82 Å². The Balaban J connectivity index is 0.00000320. The highest BCUT2D eigenvalue weighted by atomic mass is 32.2. The number of piperidine rings is 1. The number of carbonyl (C=O) groups excluding carboxylic acids is 1. The van der Waals surface area contributed by atoms with Crippen LogP contribution in [0.1, 0.15) is 32.2 Å². The van der Waals surface area contributed by atoms with Crippen LogP contribution in [0.25, 0.3) is 0 Å². The second-order valence-corrected chi connectivity index (χ2v) is 11.5. The van der Waals surface area contributed by atoms with E-state index in [1.807, 2.05) is 0 Å². The van der Waals surface area contributed by atoms with Crippen molar-refractivity contribution in [1.82, 2.24) is 9.88 Å². The molecule has 2 saturated heterocycles. The molecule has 0 spiro atoms. The zero-order chi connectivity index (χ0) is 25.3. The quantitative estimate of drug-likeness (QED) is 0.487. The number of nitrogens with zero attached hydrogens (tertiary/aromatic N) is 3. The van der Waals surface area contributed by atoms with Gasteiger partial charge in [-0.3, -0.25) is 14.4 Å². The van der Waals surface area contributed by atoms with E-state index in [-0.39, 0.29) is 30.0 Å². The first-order valence-electron chi connectivity index (χ1n) is 11.8. The Labute approximate surface area is 215 Å². The Morgan fingerprint density at radius 3 is 2.53 bits per heavy atom. The summed E-state index contributed by atoms with van der Waals surface area (Å²) >= 11 is 1.20. The third-order valence-corrected chi connectivity index (χ3v) is 9.07. The molecule has 1 amide bonds. The van der Waals surface area contributed by atoms with Crippen molar-refractivity contribution in [2.45, 2.75) is 36.1 Å². The fraction of sp³-hybridized carbons (Fsp3) is 0.360. The number of hydrogen-bond donors (Lipinski definition) is 1. The van der Waals surface area contributed by atoms with Crippen molar-refractivity contribution in [2.24, 2.45) is 0 Å². The normalized spacial score (nSPS) is 19.6. The first-order valence-corrected chi connectivity index (χ1v) is 14.1. The van der Waals surface area contributed by atoms with Gasteiger partial charge < -0.3 is 9.64 Å². The van der Waals surface area contributed by atoms with E-state index in [2.05, 4.69) is 14.6 Å². The maximum atomic E-state index is 13.6. The number of sulfonamides is 1. The van der Waals surface area contributed by atoms with E-state index in [4.69, 9.17) is 4.74 Å². The smallest absolute Gasteiger partial charge is 0.263 e. The summed E-state index contributed by atoms with van der Waals surface area (Å²) in [5, 5.41) is 2.00. The molecule has 2 aliphatic heterocycles. The second-order valence-electron chi connectivity index (χ2n) is 8.93. The van der Waals surface area contributed by atoms with Crippen LogP contribution < -0.4 is 14.4 Å². The van der Waals surface area contributed by atoms with Gasteiger partial charge in [0.1, 0.15) is 11.6 Å². The second kappa shape index (κ2) is 10.2. The molecule has 0 aliphatic carbocycles. The number of amides is 1. The summed E-state index contributed by atoms with van der Waals surface area (Å²) in [5.41, 5.74) is 1.69. The molecule has 1 atom stereocenters. The van der Waals surface area contributed by atoms with Crippen molar-refractivity contribution in [3.8, 4) is 5.75 Å². The van der Waals surface area contributed by atoms with E-state index in [0.29, 0.717) is 23.1 Å². The van der Waals surface area contributed by atoms with Crippen molar-refractivity contribution in [3.05, 3.63) is 65.4 Å². The van der Waals surface area contributed by atoms with Crippen LogP contribution in [0.5, 0.6) is 5.75 Å². The Kier molecular flexibility index (Phi) is 6.96. The van der Waals surface area contributed by atoms with Crippen LogP contribution in [-0.4, -0.2) is 57.0 Å². The molecule has 11 heteroatoms. The molecule has 0 radical (unpaired) electrons. The van der Waals surface area contributed by atoms with E-state index in [0.717, 1.165) is 37.9 Å². The zero-order valence-electron chi connectivity index (χ0n) is 19.8. The summed E-state index contributed by atoms with van der Waals surface area (Å²) < 4.78 is 46.6. The van der Waals surface area contributed by atoms with Crippen LogP contribution >= 0.6 is 11.3 Å². The van der Waals surface area contributed by atoms with E-state index in [1.54, 1.807) is 35.6 Å². The lowest BCUT2D eigenvalue weighted by Crippen LogP contribution is -2.45. The number of methoxy groups -OCH3 is 1. The Hall–Kier alpha value is -3.02. The van der Waals surface area contributed by atoms with Gasteiger partial charge in [-0.15, -0.1) is 11.3 Å². The van der Waals surface area contributed by atoms with Crippen LogP contribution in [0.3, 0.4) is 0 Å². The number of hydrogen-bond acceptors (Lipinski definition) is 7. The largest absolute Gasteiger partial charge is 0.496 e. The molecule has 8 nitrogen and oxygen atoms in total. The number of aromatic nitrogens is 1. The number of halogens is 1. The van der Waals surface area contributed by atoms with Crippen molar-refractivity contribution >= 4 is 38.1 Å². The summed E-state index contributed by atoms with van der Waals surface area (Å²) in [6.45, 7) is 2.13. The Morgan fingerprint density at radius 2 is 1.86 bits per heavy atom. The summed E-state index contributed by atoms with van der Waals surface area (Å²) in [6.07, 6.45) is 3.98. The molecule has 5 rings (SSSR count). The van der Waals surface area contributed by atoms with Crippen molar-refractivity contribution < 1.29 is 23.8 Å². The monoisotopic (exact) mass is 532 g/mol. The minimum absolute atomic E-state index is 0. The fourth-order valence-corrected chi connectivity index (χ4v) is 6.85. The van der Waals surface area contributed by atoms with Crippen LogP contribution in [0.4, 0.5) is 15.2 Å². The molecule has 36 heavy (non-hydrogen) atoms. The van der Waals surface area contributed by atoms with Gasteiger partial charge in [0, 0.05) is 31.3 Å². The lowest BCUT2D eigenvalue weighted by atomic mass is 9.88. The van der Waals surface area contributed by atoms with E-state index < -0.39 is 10.0 Å². The zero-order valence-corrected chi connectivity index (χ0v) is 21.4. The number of anilines is 2. The van der Waals surface area contributed by atoms with Gasteiger partial charge in [-0.25, -0.2) is 17.8 Å². The number of carbonyl (C=O) groups is 1. The minimum atomic E-state index is -3.74. The molecule has 1 aromatic heterocycles. The van der Waals surface area contributed by atoms with E-state index in [1.165, 1.54) is 41.8 Å². The van der Waals surface area contributed by atoms with Crippen LogP contribution in [0.15, 0.2) is 58.9 Å². The maximum Gasteiger partial charge on any atom is 0.263 e. The minimum Gasteiger partial charge on any atom is -0.496 e. The first-order chi connectivity index (χ1) is 17.4. The first kappa shape index (κ1) is 24.7. The summed E-state index contributed by atoms with van der Waals surface area (Å²) in [5.74, 6) is 0.552. The SMILES string of the molecule is COc1cc(F)ccc1C1CCN([C@H]2CCN(c3ccc(S(=O)(=O)Nc4nccs4)cc3)C2=O)CC1.[HH]. The summed E-state index contributed by atoms with van der Waals surface area (Å²) in [4.78, 5) is 21.3. The number of likely N-dealkylation sites (tertiary alicyclic amines) is 1. The highest BCUT2D eigenvalue weighted by Gasteiger charge is 2.38. The molecule has 2 aromatic carbocycles. The van der Waals surface area contributed by atoms with Gasteiger partial charge in [0.25, 0.3) is 10.0 Å². The molecule has 1 N–H and O–H groups in total. The Bertz CT molecular complexity index is 1330. The lowest BCUT2D eigenvalue weighted by Gasteiger charge is -2.35. The molecule has 3 heterocycles. The predicted octanol–water partition coefficient (Wildman–Crippen LogP) is 4.32. The average molecular weight is 533 g/mol. The molecule has 0 bridgehead atoms. The fourth-order valence-electron chi connectivity index (χ4n) is 5.06. The lowest BCUT2D eigenvalue weighted by molar-refractivity contribution is -0.122. The van der Waals surface area contributed by atoms with Crippen LogP contribution in [0.2, 0.25) is 0 Å². The number of rotatable bonds is 7. The van der Waals surface area contributed by atoms with Crippen molar-refractivity contribution in [3.63, 3.8) is 0 Å². The van der Waals surface area contributed by atoms with Gasteiger partial charge in [0.2, 0.25) is 5.91 Å². The number of thiazole rings is 1. The third kappa shape index (κ3) is 4.95. The van der Waals surface area contributed by atoms with Gasteiger partial charge in [-0.1, -0.05) is 6.07 Å². The number of ether oxygens (including phenoxy) is 1. The molecule has 192 valence electrons. The molecular formula is C25H29FN4O4S2. The highest BCUT2D eigenvalue weighted by molar-refractivity contribution is 7.93. The van der Waals surface area contributed by atoms with Gasteiger partial charge >= 0.3 is 0 Å². The average Bonchev–Trinajstić information content (AvgIpc) is 3.53. The van der Waals surface area contributed by atoms with E-state index in [9.17, 15) is 17.6 Å². The Morgan fingerprint density at radius 1 is 1.11 bits per heavy atom. The summed E-state index contributed by atoms with van der Waals surface area (Å²) in [7, 11) is -2.19. The summed E-state index contributed by atoms with van der Waals surface area (Å²) in [6, 6.07) is 10.8. The van der Waals surface area contributed by atoms with Gasteiger partial charge in [0.05, 0.1) is 18.0 Å². The maximum absolute atomic E-state index is 13.6. The van der Waals surface area contributed by atoms with Crippen molar-refractivity contribution in [2.75, 3.05) is 36.4 Å². The number of nitrogens with one attached hydrogen (secondary N) is 1. The highest BCUT2D eigenvalue weighted by Crippen LogP contribution is 2.36. The molecule has 0 saturated carbocycles. The molecule has 2 aliphatic rings. The standard InChI is InChI=1S/C25H27FN4O4S2.H2/c1-34-23-16-18(26)2-7-21(23)17-8-12-29(13-9-17)22-10-14-30(24(22)31)19-3-5-20(6-4-19)36(32,33)28-25-27-11-15-35-25;/h2-7,11,15-17,22H,8-10,12-14H2,1H3,(H,27,28);1H/t22-;/m0./s1. The van der Waals surface area contributed by atoms with Crippen LogP contribution in [-0.2, 0) is 14.8 Å². The number of benzene rings is 2. The van der Waals surface area contributed by atoms with Gasteiger partial charge in [-0.05, 0) is 74.2 Å². The molecule has 0 unspecified atom stereocenters. The molecule has 3 aromatic rings. The molecular weight excluding hydrogens is 503 g/mol. The van der Waals surface area contributed by atoms with Gasteiger partial charge in [-0.2, -0.15) is 0 Å². The predicted molar refractivity (Wildman–Crippen MR) is 139 cm³/mol. The third-order valence-electron chi connectivity index (χ3n) is 6.90. The van der Waals surface area contributed by atoms with E-state index >= 15 is 0 Å². The topological polar surface area (TPSA) is 91.8 Å². The van der Waals surface area contributed by atoms with Crippen molar-refractivity contribution in [1.29, 1.82) is 0 Å². The molecule has 2 fully saturated rings. The van der Waals surface area contributed by atoms with Gasteiger partial charge in [0.15, 0.2) is 5.13 Å².